The van der Waals surface area contributed by atoms with Gasteiger partial charge in [-0.15, -0.1) is 10.2 Å². The molecule has 5 nitrogen and oxygen atoms in total. The van der Waals surface area contributed by atoms with Crippen LogP contribution < -0.4 is 11.5 Å². The van der Waals surface area contributed by atoms with Gasteiger partial charge in [0, 0.05) is 0 Å². The van der Waals surface area contributed by atoms with E-state index in [9.17, 15) is 0 Å². The van der Waals surface area contributed by atoms with Gasteiger partial charge in [0.15, 0.2) is 0 Å². The molecule has 0 saturated carbocycles. The Labute approximate surface area is 73.1 Å². The smallest absolute Gasteiger partial charge is 0.229 e. The molecule has 11 heavy (non-hydrogen) atoms. The van der Waals surface area contributed by atoms with Crippen molar-refractivity contribution in [3.63, 3.8) is 0 Å². The number of thiocarbonyl (C=S) groups is 1. The van der Waals surface area contributed by atoms with Crippen LogP contribution in [-0.2, 0) is 0 Å². The van der Waals surface area contributed by atoms with Crippen LogP contribution in [0.4, 0.5) is 11.9 Å². The fourth-order valence-corrected chi connectivity index (χ4v) is 1.14. The number of nitrogen functional groups attached to an aromatic ring is 2. The minimum absolute atomic E-state index is 0.224. The number of thioether (sulfide) groups is 1. The average Bonchev–Trinajstić information content (AvgIpc) is 2.30. The Kier molecular flexibility index (Phi) is 2.30. The molecule has 0 aliphatic carbocycles. The molecular weight excluding hydrogens is 182 g/mol. The van der Waals surface area contributed by atoms with Crippen LogP contribution in [-0.4, -0.2) is 25.3 Å². The number of anilines is 2. The summed E-state index contributed by atoms with van der Waals surface area (Å²) in [6.45, 7) is 0. The molecule has 60 valence electrons. The van der Waals surface area contributed by atoms with Crippen molar-refractivity contribution < 1.29 is 0 Å². The van der Waals surface area contributed by atoms with Crippen molar-refractivity contribution in [1.82, 2.24) is 14.8 Å². The highest BCUT2D eigenvalue weighted by molar-refractivity contribution is 8.22. The van der Waals surface area contributed by atoms with Crippen LogP contribution in [0.1, 0.15) is 0 Å². The summed E-state index contributed by atoms with van der Waals surface area (Å²) in [6, 6.07) is 0. The molecule has 7 heteroatoms. The van der Waals surface area contributed by atoms with Gasteiger partial charge in [-0.3, -0.25) is 0 Å². The van der Waals surface area contributed by atoms with Gasteiger partial charge in [-0.2, -0.15) is 0 Å². The highest BCUT2D eigenvalue weighted by Crippen LogP contribution is 2.11. The van der Waals surface area contributed by atoms with Crippen molar-refractivity contribution in [3.8, 4) is 0 Å². The van der Waals surface area contributed by atoms with Gasteiger partial charge in [0.1, 0.15) is 4.32 Å². The normalized spacial score (nSPS) is 9.91. The van der Waals surface area contributed by atoms with E-state index in [1.165, 1.54) is 16.3 Å². The summed E-state index contributed by atoms with van der Waals surface area (Å²) >= 11 is 6.30. The van der Waals surface area contributed by atoms with Crippen LogP contribution in [0.2, 0.25) is 0 Å². The van der Waals surface area contributed by atoms with E-state index in [-0.39, 0.29) is 11.9 Å². The molecule has 4 N–H and O–H groups in total. The lowest BCUT2D eigenvalue weighted by atomic mass is 10.9. The van der Waals surface area contributed by atoms with Crippen LogP contribution in [0.5, 0.6) is 0 Å². The van der Waals surface area contributed by atoms with Crippen LogP contribution in [0.3, 0.4) is 0 Å². The Morgan fingerprint density at radius 2 is 1.91 bits per heavy atom. The molecule has 0 fully saturated rings. The maximum Gasteiger partial charge on any atom is 0.229 e. The lowest BCUT2D eigenvalue weighted by molar-refractivity contribution is 1.11. The first-order valence-corrected chi connectivity index (χ1v) is 4.34. The summed E-state index contributed by atoms with van der Waals surface area (Å²) in [5.41, 5.74) is 10.9. The number of hydrogen-bond acceptors (Lipinski definition) is 6. The van der Waals surface area contributed by atoms with Crippen molar-refractivity contribution >= 4 is 40.2 Å². The zero-order valence-electron chi connectivity index (χ0n) is 5.81. The molecule has 0 saturated heterocycles. The fraction of sp³-hybridized carbons (Fsp3) is 0.250. The predicted molar refractivity (Wildman–Crippen MR) is 50.4 cm³/mol. The molecule has 0 unspecified atom stereocenters. The summed E-state index contributed by atoms with van der Waals surface area (Å²) in [5.74, 6) is 0.448. The molecule has 0 amide bonds. The van der Waals surface area contributed by atoms with Gasteiger partial charge in [-0.1, -0.05) is 24.0 Å². The van der Waals surface area contributed by atoms with E-state index in [0.717, 1.165) is 0 Å². The lowest BCUT2D eigenvalue weighted by Gasteiger charge is -2.02. The van der Waals surface area contributed by atoms with Crippen molar-refractivity contribution in [2.24, 2.45) is 0 Å². The first-order chi connectivity index (χ1) is 5.16. The number of rotatable bonds is 0. The van der Waals surface area contributed by atoms with E-state index in [1.807, 2.05) is 6.26 Å². The summed E-state index contributed by atoms with van der Waals surface area (Å²) in [7, 11) is 0. The average molecular weight is 189 g/mol. The highest BCUT2D eigenvalue weighted by atomic mass is 32.2. The third-order valence-electron chi connectivity index (χ3n) is 1.07. The number of hydrogen-bond donors (Lipinski definition) is 2. The molecule has 0 aliphatic heterocycles. The third kappa shape index (κ3) is 1.43. The van der Waals surface area contributed by atoms with E-state index < -0.39 is 0 Å². The monoisotopic (exact) mass is 189 g/mol. The summed E-state index contributed by atoms with van der Waals surface area (Å²) < 4.78 is 1.96. The van der Waals surface area contributed by atoms with Gasteiger partial charge in [0.25, 0.3) is 0 Å². The number of nitrogens with zero attached hydrogens (tertiary/aromatic N) is 3. The van der Waals surface area contributed by atoms with Crippen molar-refractivity contribution in [3.05, 3.63) is 0 Å². The molecule has 0 radical (unpaired) electrons. The summed E-state index contributed by atoms with van der Waals surface area (Å²) in [4.78, 5) is 0. The fourth-order valence-electron chi connectivity index (χ4n) is 0.588. The molecule has 1 aromatic heterocycles. The van der Waals surface area contributed by atoms with E-state index in [0.29, 0.717) is 4.32 Å². The maximum atomic E-state index is 5.43. The largest absolute Gasteiger partial charge is 0.367 e. The van der Waals surface area contributed by atoms with Gasteiger partial charge >= 0.3 is 0 Å². The number of nitrogens with two attached hydrogens (primary N) is 2. The zero-order valence-corrected chi connectivity index (χ0v) is 7.45. The van der Waals surface area contributed by atoms with Gasteiger partial charge < -0.3 is 11.5 Å². The van der Waals surface area contributed by atoms with Crippen LogP contribution in [0.15, 0.2) is 0 Å². The standard InChI is InChI=1S/C4H7N5S2/c1-11-4(10)9-2(5)7-8-3(9)6/h1H3,(H2,5,7)(H2,6,8). The number of aromatic nitrogens is 3. The Morgan fingerprint density at radius 1 is 1.45 bits per heavy atom. The second-order valence-electron chi connectivity index (χ2n) is 1.72. The van der Waals surface area contributed by atoms with Crippen molar-refractivity contribution in [2.45, 2.75) is 0 Å². The Hall–Kier alpha value is -0.820. The molecule has 1 aromatic rings. The molecule has 1 rings (SSSR count). The molecule has 0 aliphatic rings. The summed E-state index contributed by atoms with van der Waals surface area (Å²) in [5, 5.41) is 7.10. The SMILES string of the molecule is CSC(=S)n1c(N)nnc1N. The minimum Gasteiger partial charge on any atom is -0.367 e. The van der Waals surface area contributed by atoms with Gasteiger partial charge in [-0.05, 0) is 6.26 Å². The topological polar surface area (TPSA) is 82.8 Å². The first-order valence-electron chi connectivity index (χ1n) is 2.71. The van der Waals surface area contributed by atoms with Gasteiger partial charge in [-0.25, -0.2) is 4.57 Å². The Balaban J connectivity index is 3.10. The molecular formula is C4H7N5S2. The van der Waals surface area contributed by atoms with Crippen molar-refractivity contribution in [2.75, 3.05) is 17.7 Å². The van der Waals surface area contributed by atoms with E-state index >= 15 is 0 Å². The third-order valence-corrected chi connectivity index (χ3v) is 2.28. The Bertz CT molecular complexity index is 261. The van der Waals surface area contributed by atoms with Gasteiger partial charge in [0.05, 0.1) is 0 Å². The quantitative estimate of drug-likeness (QED) is 0.556. The van der Waals surface area contributed by atoms with E-state index in [4.69, 9.17) is 23.7 Å². The van der Waals surface area contributed by atoms with Gasteiger partial charge in [0.2, 0.25) is 11.9 Å². The van der Waals surface area contributed by atoms with E-state index in [2.05, 4.69) is 10.2 Å². The van der Waals surface area contributed by atoms with Crippen LogP contribution in [0, 0.1) is 0 Å². The lowest BCUT2D eigenvalue weighted by Crippen LogP contribution is -2.11. The zero-order chi connectivity index (χ0) is 8.43. The molecule has 0 spiro atoms. The van der Waals surface area contributed by atoms with Crippen molar-refractivity contribution in [1.29, 1.82) is 0 Å². The second kappa shape index (κ2) is 3.05. The summed E-state index contributed by atoms with van der Waals surface area (Å²) in [6.07, 6.45) is 1.83. The first kappa shape index (κ1) is 8.28. The van der Waals surface area contributed by atoms with Crippen LogP contribution in [0.25, 0.3) is 0 Å². The second-order valence-corrected chi connectivity index (χ2v) is 3.16. The van der Waals surface area contributed by atoms with Crippen LogP contribution >= 0.6 is 24.0 Å². The van der Waals surface area contributed by atoms with E-state index in [1.54, 1.807) is 0 Å². The highest BCUT2D eigenvalue weighted by Gasteiger charge is 2.08. The molecule has 1 heterocycles. The minimum atomic E-state index is 0.224. The predicted octanol–water partition coefficient (Wildman–Crippen LogP) is -0.0615. The molecule has 0 bridgehead atoms. The molecule has 0 aromatic carbocycles. The molecule has 0 atom stereocenters. The maximum absolute atomic E-state index is 5.43. The Morgan fingerprint density at radius 3 is 2.27 bits per heavy atom.